The molecule has 3 nitrogen and oxygen atoms in total. The fourth-order valence-electron chi connectivity index (χ4n) is 2.33. The van der Waals surface area contributed by atoms with Gasteiger partial charge in [-0.25, -0.2) is 4.98 Å². The zero-order chi connectivity index (χ0) is 12.7. The summed E-state index contributed by atoms with van der Waals surface area (Å²) in [6.07, 6.45) is 0. The van der Waals surface area contributed by atoms with Gasteiger partial charge in [-0.3, -0.25) is 0 Å². The third kappa shape index (κ3) is 1.56. The molecule has 0 fully saturated rings. The van der Waals surface area contributed by atoms with Crippen molar-refractivity contribution in [3.63, 3.8) is 0 Å². The maximum Gasteiger partial charge on any atom is 0.140 e. The van der Waals surface area contributed by atoms with Gasteiger partial charge < -0.3 is 9.67 Å². The zero-order valence-electron chi connectivity index (χ0n) is 10.4. The van der Waals surface area contributed by atoms with E-state index >= 15 is 0 Å². The fourth-order valence-corrected chi connectivity index (χ4v) is 2.33. The summed E-state index contributed by atoms with van der Waals surface area (Å²) < 4.78 is 2.09. The third-order valence-electron chi connectivity index (χ3n) is 3.22. The second-order valence-electron chi connectivity index (χ2n) is 4.48. The molecule has 0 saturated carbocycles. The summed E-state index contributed by atoms with van der Waals surface area (Å²) in [5.74, 6) is 1.19. The number of aryl methyl sites for hydroxylation is 2. The lowest BCUT2D eigenvalue weighted by molar-refractivity contribution is 0.475. The van der Waals surface area contributed by atoms with E-state index in [-0.39, 0.29) is 5.75 Å². The van der Waals surface area contributed by atoms with Crippen LogP contribution < -0.4 is 0 Å². The summed E-state index contributed by atoms with van der Waals surface area (Å²) >= 11 is 0. The van der Waals surface area contributed by atoms with E-state index in [0.717, 1.165) is 22.4 Å². The minimum atomic E-state index is 0.272. The number of hydrogen-bond donors (Lipinski definition) is 1. The van der Waals surface area contributed by atoms with Gasteiger partial charge in [0.25, 0.3) is 0 Å². The van der Waals surface area contributed by atoms with Crippen molar-refractivity contribution >= 4 is 11.0 Å². The maximum atomic E-state index is 9.33. The summed E-state index contributed by atoms with van der Waals surface area (Å²) in [5.41, 5.74) is 4.37. The predicted octanol–water partition coefficient (Wildman–Crippen LogP) is 3.25. The summed E-state index contributed by atoms with van der Waals surface area (Å²) in [7, 11) is 2.02. The van der Waals surface area contributed by atoms with E-state index in [1.54, 1.807) is 12.1 Å². The van der Waals surface area contributed by atoms with Gasteiger partial charge in [-0.2, -0.15) is 0 Å². The Bertz CT molecular complexity index is 711. The lowest BCUT2D eigenvalue weighted by Crippen LogP contribution is -1.93. The first kappa shape index (κ1) is 10.8. The smallest absolute Gasteiger partial charge is 0.140 e. The third-order valence-corrected chi connectivity index (χ3v) is 3.22. The first-order valence-corrected chi connectivity index (χ1v) is 5.88. The lowest BCUT2D eigenvalue weighted by atomic mass is 10.2. The van der Waals surface area contributed by atoms with Crippen molar-refractivity contribution in [1.29, 1.82) is 0 Å². The Morgan fingerprint density at radius 3 is 2.44 bits per heavy atom. The van der Waals surface area contributed by atoms with E-state index in [1.165, 1.54) is 5.56 Å². The van der Waals surface area contributed by atoms with Crippen LogP contribution in [-0.4, -0.2) is 14.7 Å². The number of nitrogens with zero attached hydrogens (tertiary/aromatic N) is 2. The number of aromatic nitrogens is 2. The zero-order valence-corrected chi connectivity index (χ0v) is 10.4. The van der Waals surface area contributed by atoms with Gasteiger partial charge in [0.2, 0.25) is 0 Å². The number of fused-ring (bicyclic) bond motifs is 1. The standard InChI is InChI=1S/C15H14N2O/c1-10-4-3-5-13-14(10)17(2)15(16-13)11-6-8-12(18)9-7-11/h3-9,18H,1-2H3. The quantitative estimate of drug-likeness (QED) is 0.706. The Morgan fingerprint density at radius 1 is 1.06 bits per heavy atom. The number of rotatable bonds is 1. The molecule has 18 heavy (non-hydrogen) atoms. The molecule has 0 atom stereocenters. The van der Waals surface area contributed by atoms with E-state index < -0.39 is 0 Å². The molecule has 90 valence electrons. The molecule has 0 bridgehead atoms. The Labute approximate surface area is 105 Å². The van der Waals surface area contributed by atoms with Crippen molar-refractivity contribution < 1.29 is 5.11 Å². The second kappa shape index (κ2) is 3.88. The number of para-hydroxylation sites is 1. The van der Waals surface area contributed by atoms with Gasteiger partial charge in [0.1, 0.15) is 11.6 Å². The van der Waals surface area contributed by atoms with Gasteiger partial charge in [-0.15, -0.1) is 0 Å². The molecule has 0 aliphatic carbocycles. The Hall–Kier alpha value is -2.29. The summed E-state index contributed by atoms with van der Waals surface area (Å²) in [5, 5.41) is 9.33. The molecule has 0 radical (unpaired) electrons. The normalized spacial score (nSPS) is 11.0. The molecule has 0 saturated heterocycles. The minimum absolute atomic E-state index is 0.272. The number of aromatic hydroxyl groups is 1. The number of phenols is 1. The van der Waals surface area contributed by atoms with E-state index in [0.29, 0.717) is 0 Å². The van der Waals surface area contributed by atoms with E-state index in [4.69, 9.17) is 0 Å². The first-order chi connectivity index (χ1) is 8.66. The van der Waals surface area contributed by atoms with Crippen LogP contribution in [0.1, 0.15) is 5.56 Å². The van der Waals surface area contributed by atoms with Crippen LogP contribution in [0.25, 0.3) is 22.4 Å². The van der Waals surface area contributed by atoms with Crippen LogP contribution in [0.4, 0.5) is 0 Å². The lowest BCUT2D eigenvalue weighted by Gasteiger charge is -2.03. The van der Waals surface area contributed by atoms with Crippen molar-refractivity contribution in [3.8, 4) is 17.1 Å². The highest BCUT2D eigenvalue weighted by Gasteiger charge is 2.10. The van der Waals surface area contributed by atoms with Crippen LogP contribution in [0.3, 0.4) is 0 Å². The van der Waals surface area contributed by atoms with Crippen molar-refractivity contribution in [2.45, 2.75) is 6.92 Å². The SMILES string of the molecule is Cc1cccc2nc(-c3ccc(O)cc3)n(C)c12. The molecular formula is C15H14N2O. The molecule has 1 N–H and O–H groups in total. The molecule has 2 aromatic carbocycles. The highest BCUT2D eigenvalue weighted by molar-refractivity contribution is 5.83. The van der Waals surface area contributed by atoms with Crippen molar-refractivity contribution in [3.05, 3.63) is 48.0 Å². The molecule has 0 unspecified atom stereocenters. The number of imidazole rings is 1. The van der Waals surface area contributed by atoms with Gasteiger partial charge in [0.05, 0.1) is 11.0 Å². The number of benzene rings is 2. The summed E-state index contributed by atoms with van der Waals surface area (Å²) in [6, 6.07) is 13.3. The molecule has 3 aromatic rings. The second-order valence-corrected chi connectivity index (χ2v) is 4.48. The van der Waals surface area contributed by atoms with Crippen LogP contribution in [0.5, 0.6) is 5.75 Å². The van der Waals surface area contributed by atoms with Crippen molar-refractivity contribution in [2.75, 3.05) is 0 Å². The molecule has 3 rings (SSSR count). The van der Waals surface area contributed by atoms with E-state index in [9.17, 15) is 5.11 Å². The van der Waals surface area contributed by atoms with Crippen LogP contribution in [-0.2, 0) is 7.05 Å². The topological polar surface area (TPSA) is 38.1 Å². The molecule has 0 spiro atoms. The number of phenolic OH excluding ortho intramolecular Hbond substituents is 1. The molecule has 1 aromatic heterocycles. The van der Waals surface area contributed by atoms with Crippen LogP contribution in [0, 0.1) is 6.92 Å². The maximum absolute atomic E-state index is 9.33. The number of hydrogen-bond acceptors (Lipinski definition) is 2. The summed E-state index contributed by atoms with van der Waals surface area (Å²) in [6.45, 7) is 2.09. The van der Waals surface area contributed by atoms with Crippen LogP contribution >= 0.6 is 0 Å². The Morgan fingerprint density at radius 2 is 1.78 bits per heavy atom. The van der Waals surface area contributed by atoms with Crippen molar-refractivity contribution in [1.82, 2.24) is 9.55 Å². The molecule has 0 aliphatic rings. The molecule has 0 amide bonds. The monoisotopic (exact) mass is 238 g/mol. The Balaban J connectivity index is 2.27. The largest absolute Gasteiger partial charge is 0.508 e. The van der Waals surface area contributed by atoms with Gasteiger partial charge in [-0.05, 0) is 42.8 Å². The minimum Gasteiger partial charge on any atom is -0.508 e. The van der Waals surface area contributed by atoms with Crippen LogP contribution in [0.2, 0.25) is 0 Å². The van der Waals surface area contributed by atoms with Gasteiger partial charge in [0, 0.05) is 12.6 Å². The van der Waals surface area contributed by atoms with Gasteiger partial charge in [0.15, 0.2) is 0 Å². The Kier molecular flexibility index (Phi) is 2.33. The highest BCUT2D eigenvalue weighted by Crippen LogP contribution is 2.26. The fraction of sp³-hybridized carbons (Fsp3) is 0.133. The highest BCUT2D eigenvalue weighted by atomic mass is 16.3. The van der Waals surface area contributed by atoms with E-state index in [2.05, 4.69) is 22.5 Å². The average Bonchev–Trinajstić information content (AvgIpc) is 2.69. The van der Waals surface area contributed by atoms with Gasteiger partial charge >= 0.3 is 0 Å². The van der Waals surface area contributed by atoms with E-state index in [1.807, 2.05) is 31.3 Å². The predicted molar refractivity (Wildman–Crippen MR) is 72.6 cm³/mol. The molecular weight excluding hydrogens is 224 g/mol. The summed E-state index contributed by atoms with van der Waals surface area (Å²) in [4.78, 5) is 4.65. The molecule has 0 aliphatic heterocycles. The first-order valence-electron chi connectivity index (χ1n) is 5.88. The van der Waals surface area contributed by atoms with Crippen LogP contribution in [0.15, 0.2) is 42.5 Å². The molecule has 3 heteroatoms. The molecule has 1 heterocycles. The van der Waals surface area contributed by atoms with Crippen molar-refractivity contribution in [2.24, 2.45) is 7.05 Å². The average molecular weight is 238 g/mol. The van der Waals surface area contributed by atoms with Gasteiger partial charge in [-0.1, -0.05) is 12.1 Å².